The molecule has 31 heavy (non-hydrogen) atoms. The topological polar surface area (TPSA) is 93.7 Å². The molecule has 8 heteroatoms. The standard InChI is InChI=1S/C23H21BrN2O5/c1-3-5-16-10-15(11-18-21(27)25-23(29)26-22(18)28)12-19(30-4-2)20(16)31-13-14-6-8-17(24)9-7-14/h3,6-12H,1,4-5,13H2,2H3,(H2,25,26,27,28,29). The molecule has 0 atom stereocenters. The van der Waals surface area contributed by atoms with Crippen molar-refractivity contribution in [2.75, 3.05) is 6.61 Å². The van der Waals surface area contributed by atoms with Crippen LogP contribution in [0, 0.1) is 0 Å². The second kappa shape index (κ2) is 10.1. The number of amides is 4. The molecule has 2 N–H and O–H groups in total. The molecule has 0 saturated carbocycles. The lowest BCUT2D eigenvalue weighted by Crippen LogP contribution is -2.51. The Morgan fingerprint density at radius 2 is 1.71 bits per heavy atom. The van der Waals surface area contributed by atoms with Gasteiger partial charge in [0.2, 0.25) is 0 Å². The fraction of sp³-hybridized carbons (Fsp3) is 0.174. The van der Waals surface area contributed by atoms with Crippen LogP contribution in [-0.2, 0) is 22.6 Å². The van der Waals surface area contributed by atoms with Crippen molar-refractivity contribution in [2.45, 2.75) is 20.0 Å². The minimum absolute atomic E-state index is 0.171. The molecule has 1 heterocycles. The SMILES string of the molecule is C=CCc1cc(C=C2C(=O)NC(=O)NC2=O)cc(OCC)c1OCc1ccc(Br)cc1. The van der Waals surface area contributed by atoms with Gasteiger partial charge in [-0.15, -0.1) is 6.58 Å². The fourth-order valence-electron chi connectivity index (χ4n) is 3.01. The number of rotatable bonds is 8. The molecule has 0 aliphatic carbocycles. The number of urea groups is 1. The van der Waals surface area contributed by atoms with Gasteiger partial charge >= 0.3 is 6.03 Å². The van der Waals surface area contributed by atoms with Gasteiger partial charge < -0.3 is 9.47 Å². The second-order valence-corrected chi connectivity index (χ2v) is 7.56. The van der Waals surface area contributed by atoms with Gasteiger partial charge in [-0.1, -0.05) is 34.1 Å². The molecule has 0 spiro atoms. The van der Waals surface area contributed by atoms with Crippen LogP contribution in [0.3, 0.4) is 0 Å². The van der Waals surface area contributed by atoms with Gasteiger partial charge in [-0.25, -0.2) is 4.79 Å². The van der Waals surface area contributed by atoms with Crippen LogP contribution in [0.5, 0.6) is 11.5 Å². The van der Waals surface area contributed by atoms with Gasteiger partial charge in [-0.05, 0) is 54.8 Å². The molecule has 0 aromatic heterocycles. The number of ether oxygens (including phenoxy) is 2. The Morgan fingerprint density at radius 1 is 1.03 bits per heavy atom. The van der Waals surface area contributed by atoms with E-state index in [2.05, 4.69) is 33.1 Å². The molecule has 4 amide bonds. The Bertz CT molecular complexity index is 1040. The Kier molecular flexibility index (Phi) is 7.25. The summed E-state index contributed by atoms with van der Waals surface area (Å²) in [6.45, 7) is 6.39. The third-order valence-corrected chi connectivity index (χ3v) is 4.90. The number of imide groups is 2. The summed E-state index contributed by atoms with van der Waals surface area (Å²) in [6.07, 6.45) is 3.63. The first-order chi connectivity index (χ1) is 14.9. The van der Waals surface area contributed by atoms with Gasteiger partial charge in [0.1, 0.15) is 12.2 Å². The Balaban J connectivity index is 1.97. The van der Waals surface area contributed by atoms with Crippen LogP contribution >= 0.6 is 15.9 Å². The summed E-state index contributed by atoms with van der Waals surface area (Å²) in [7, 11) is 0. The van der Waals surface area contributed by atoms with Gasteiger partial charge in [-0.2, -0.15) is 0 Å². The van der Waals surface area contributed by atoms with E-state index in [1.54, 1.807) is 18.2 Å². The maximum absolute atomic E-state index is 12.1. The first kappa shape index (κ1) is 22.3. The van der Waals surface area contributed by atoms with Crippen molar-refractivity contribution < 1.29 is 23.9 Å². The van der Waals surface area contributed by atoms with Crippen molar-refractivity contribution >= 4 is 39.9 Å². The Hall–Kier alpha value is -3.39. The zero-order chi connectivity index (χ0) is 22.4. The summed E-state index contributed by atoms with van der Waals surface area (Å²) in [4.78, 5) is 35.4. The lowest BCUT2D eigenvalue weighted by molar-refractivity contribution is -0.123. The number of halogens is 1. The van der Waals surface area contributed by atoms with E-state index in [1.807, 2.05) is 31.2 Å². The Morgan fingerprint density at radius 3 is 2.32 bits per heavy atom. The van der Waals surface area contributed by atoms with Crippen molar-refractivity contribution in [3.63, 3.8) is 0 Å². The number of hydrogen-bond donors (Lipinski definition) is 2. The molecular formula is C23H21BrN2O5. The Labute approximate surface area is 188 Å². The third kappa shape index (κ3) is 5.61. The highest BCUT2D eigenvalue weighted by Gasteiger charge is 2.28. The van der Waals surface area contributed by atoms with Crippen LogP contribution in [0.4, 0.5) is 4.79 Å². The van der Waals surface area contributed by atoms with Crippen molar-refractivity contribution in [3.05, 3.63) is 75.8 Å². The zero-order valence-corrected chi connectivity index (χ0v) is 18.5. The summed E-state index contributed by atoms with van der Waals surface area (Å²) in [5.41, 5.74) is 2.17. The van der Waals surface area contributed by atoms with Gasteiger partial charge in [0, 0.05) is 10.0 Å². The highest BCUT2D eigenvalue weighted by molar-refractivity contribution is 9.10. The van der Waals surface area contributed by atoms with E-state index in [9.17, 15) is 14.4 Å². The summed E-state index contributed by atoms with van der Waals surface area (Å²) in [5, 5.41) is 4.12. The summed E-state index contributed by atoms with van der Waals surface area (Å²) in [5.74, 6) is -0.460. The normalized spacial score (nSPS) is 13.4. The number of hydrogen-bond acceptors (Lipinski definition) is 5. The summed E-state index contributed by atoms with van der Waals surface area (Å²) in [6, 6.07) is 10.4. The number of carbonyl (C=O) groups excluding carboxylic acids is 3. The fourth-order valence-corrected chi connectivity index (χ4v) is 3.27. The van der Waals surface area contributed by atoms with Crippen LogP contribution in [0.1, 0.15) is 23.6 Å². The zero-order valence-electron chi connectivity index (χ0n) is 16.9. The van der Waals surface area contributed by atoms with Gasteiger partial charge in [0.15, 0.2) is 11.5 Å². The number of carbonyl (C=O) groups is 3. The molecule has 7 nitrogen and oxygen atoms in total. The quantitative estimate of drug-likeness (QED) is 0.336. The maximum Gasteiger partial charge on any atom is 0.328 e. The molecule has 0 radical (unpaired) electrons. The lowest BCUT2D eigenvalue weighted by Gasteiger charge is -2.18. The molecular weight excluding hydrogens is 464 g/mol. The van der Waals surface area contributed by atoms with E-state index in [1.165, 1.54) is 6.08 Å². The van der Waals surface area contributed by atoms with E-state index in [0.29, 0.717) is 36.7 Å². The summed E-state index contributed by atoms with van der Waals surface area (Å²) >= 11 is 3.41. The van der Waals surface area contributed by atoms with Crippen LogP contribution in [0.2, 0.25) is 0 Å². The van der Waals surface area contributed by atoms with E-state index in [0.717, 1.165) is 15.6 Å². The van der Waals surface area contributed by atoms with Crippen molar-refractivity contribution in [1.29, 1.82) is 0 Å². The number of barbiturate groups is 1. The molecule has 2 aromatic rings. The molecule has 1 saturated heterocycles. The van der Waals surface area contributed by atoms with Crippen LogP contribution in [-0.4, -0.2) is 24.5 Å². The predicted molar refractivity (Wildman–Crippen MR) is 120 cm³/mol. The first-order valence-electron chi connectivity index (χ1n) is 9.57. The van der Waals surface area contributed by atoms with Gasteiger partial charge in [0.25, 0.3) is 11.8 Å². The van der Waals surface area contributed by atoms with Crippen molar-refractivity contribution in [2.24, 2.45) is 0 Å². The molecule has 160 valence electrons. The molecule has 1 aliphatic heterocycles. The minimum Gasteiger partial charge on any atom is -0.490 e. The van der Waals surface area contributed by atoms with Crippen molar-refractivity contribution in [3.8, 4) is 11.5 Å². The molecule has 2 aromatic carbocycles. The average Bonchev–Trinajstić information content (AvgIpc) is 2.72. The lowest BCUT2D eigenvalue weighted by atomic mass is 10.0. The highest BCUT2D eigenvalue weighted by Crippen LogP contribution is 2.35. The number of allylic oxidation sites excluding steroid dienone is 1. The maximum atomic E-state index is 12.1. The largest absolute Gasteiger partial charge is 0.490 e. The van der Waals surface area contributed by atoms with Crippen molar-refractivity contribution in [1.82, 2.24) is 10.6 Å². The van der Waals surface area contributed by atoms with Crippen LogP contribution in [0.25, 0.3) is 6.08 Å². The highest BCUT2D eigenvalue weighted by atomic mass is 79.9. The molecule has 1 fully saturated rings. The predicted octanol–water partition coefficient (Wildman–Crippen LogP) is 3.90. The molecule has 3 rings (SSSR count). The first-order valence-corrected chi connectivity index (χ1v) is 10.4. The van der Waals surface area contributed by atoms with Gasteiger partial charge in [-0.3, -0.25) is 20.2 Å². The molecule has 0 bridgehead atoms. The van der Waals surface area contributed by atoms with Crippen LogP contribution in [0.15, 0.2) is 59.1 Å². The second-order valence-electron chi connectivity index (χ2n) is 6.64. The van der Waals surface area contributed by atoms with Gasteiger partial charge in [0.05, 0.1) is 6.61 Å². The van der Waals surface area contributed by atoms with E-state index in [-0.39, 0.29) is 5.57 Å². The van der Waals surface area contributed by atoms with Crippen LogP contribution < -0.4 is 20.1 Å². The average molecular weight is 485 g/mol. The third-order valence-electron chi connectivity index (χ3n) is 4.37. The van der Waals surface area contributed by atoms with E-state index < -0.39 is 17.8 Å². The smallest absolute Gasteiger partial charge is 0.328 e. The van der Waals surface area contributed by atoms with E-state index >= 15 is 0 Å². The monoisotopic (exact) mass is 484 g/mol. The van der Waals surface area contributed by atoms with E-state index in [4.69, 9.17) is 9.47 Å². The minimum atomic E-state index is -0.841. The molecule has 1 aliphatic rings. The number of nitrogens with one attached hydrogen (secondary N) is 2. The summed E-state index contributed by atoms with van der Waals surface area (Å²) < 4.78 is 12.8. The number of benzene rings is 2. The molecule has 0 unspecified atom stereocenters.